The van der Waals surface area contributed by atoms with Crippen molar-refractivity contribution >= 4 is 6.03 Å². The second-order valence-electron chi connectivity index (χ2n) is 5.67. The Kier molecular flexibility index (Phi) is 5.57. The molecule has 0 radical (unpaired) electrons. The summed E-state index contributed by atoms with van der Waals surface area (Å²) in [5.74, 6) is 1.47. The van der Waals surface area contributed by atoms with Gasteiger partial charge in [0.2, 0.25) is 5.89 Å². The number of aromatic nitrogens is 4. The molecule has 0 aliphatic carbocycles. The molecule has 3 N–H and O–H groups in total. The van der Waals surface area contributed by atoms with Gasteiger partial charge in [-0.2, -0.15) is 5.10 Å². The number of rotatable bonds is 7. The smallest absolute Gasteiger partial charge is 0.315 e. The van der Waals surface area contributed by atoms with Crippen molar-refractivity contribution in [3.05, 3.63) is 53.7 Å². The SMILES string of the molecule is Cc1oc(-c2ccc(F)cc2)nc1CNC(=O)NCCCc1ncn[nH]1. The lowest BCUT2D eigenvalue weighted by molar-refractivity contribution is 0.240. The fourth-order valence-electron chi connectivity index (χ4n) is 2.34. The molecular formula is C17H19FN6O2. The number of nitrogens with zero attached hydrogens (tertiary/aromatic N) is 3. The Morgan fingerprint density at radius 2 is 2.08 bits per heavy atom. The van der Waals surface area contributed by atoms with E-state index in [4.69, 9.17) is 4.42 Å². The average Bonchev–Trinajstić information content (AvgIpc) is 3.27. The molecule has 8 nitrogen and oxygen atoms in total. The Labute approximate surface area is 149 Å². The van der Waals surface area contributed by atoms with Crippen molar-refractivity contribution in [2.24, 2.45) is 0 Å². The van der Waals surface area contributed by atoms with Gasteiger partial charge in [-0.15, -0.1) is 0 Å². The van der Waals surface area contributed by atoms with Crippen molar-refractivity contribution in [3.63, 3.8) is 0 Å². The molecule has 3 rings (SSSR count). The van der Waals surface area contributed by atoms with Gasteiger partial charge in [-0.3, -0.25) is 5.10 Å². The van der Waals surface area contributed by atoms with Crippen LogP contribution in [0.1, 0.15) is 23.7 Å². The highest BCUT2D eigenvalue weighted by Gasteiger charge is 2.12. The maximum absolute atomic E-state index is 13.0. The highest BCUT2D eigenvalue weighted by atomic mass is 19.1. The number of urea groups is 1. The van der Waals surface area contributed by atoms with Crippen LogP contribution in [0.15, 0.2) is 35.0 Å². The number of oxazole rings is 1. The van der Waals surface area contributed by atoms with E-state index in [2.05, 4.69) is 30.8 Å². The fraction of sp³-hybridized carbons (Fsp3) is 0.294. The molecule has 0 atom stereocenters. The Morgan fingerprint density at radius 3 is 2.81 bits per heavy atom. The van der Waals surface area contributed by atoms with Gasteiger partial charge in [0, 0.05) is 18.5 Å². The minimum atomic E-state index is -0.320. The number of aryl methyl sites for hydroxylation is 2. The number of hydrogen-bond donors (Lipinski definition) is 3. The van der Waals surface area contributed by atoms with Gasteiger partial charge in [0.1, 0.15) is 29.4 Å². The van der Waals surface area contributed by atoms with Crippen LogP contribution in [0.5, 0.6) is 0 Å². The molecule has 0 fully saturated rings. The van der Waals surface area contributed by atoms with E-state index in [1.807, 2.05) is 0 Å². The molecule has 136 valence electrons. The molecule has 9 heteroatoms. The van der Waals surface area contributed by atoms with Crippen molar-refractivity contribution in [3.8, 4) is 11.5 Å². The van der Waals surface area contributed by atoms with Gasteiger partial charge in [-0.25, -0.2) is 19.2 Å². The van der Waals surface area contributed by atoms with E-state index >= 15 is 0 Å². The van der Waals surface area contributed by atoms with E-state index in [1.54, 1.807) is 19.1 Å². The van der Waals surface area contributed by atoms with Crippen LogP contribution >= 0.6 is 0 Å². The van der Waals surface area contributed by atoms with Gasteiger partial charge in [0.05, 0.1) is 6.54 Å². The van der Waals surface area contributed by atoms with E-state index in [0.717, 1.165) is 12.2 Å². The maximum Gasteiger partial charge on any atom is 0.315 e. The van der Waals surface area contributed by atoms with Gasteiger partial charge >= 0.3 is 6.03 Å². The molecule has 0 bridgehead atoms. The van der Waals surface area contributed by atoms with E-state index in [1.165, 1.54) is 18.5 Å². The summed E-state index contributed by atoms with van der Waals surface area (Å²) >= 11 is 0. The van der Waals surface area contributed by atoms with Crippen molar-refractivity contribution in [1.82, 2.24) is 30.8 Å². The third-order valence-corrected chi connectivity index (χ3v) is 3.74. The molecule has 1 aromatic carbocycles. The Balaban J connectivity index is 1.45. The van der Waals surface area contributed by atoms with Crippen LogP contribution < -0.4 is 10.6 Å². The van der Waals surface area contributed by atoms with Gasteiger partial charge < -0.3 is 15.1 Å². The summed E-state index contributed by atoms with van der Waals surface area (Å²) in [5.41, 5.74) is 1.30. The van der Waals surface area contributed by atoms with Gasteiger partial charge in [-0.1, -0.05) is 0 Å². The summed E-state index contributed by atoms with van der Waals surface area (Å²) in [5, 5.41) is 12.0. The number of carbonyl (C=O) groups excluding carboxylic acids is 1. The summed E-state index contributed by atoms with van der Waals surface area (Å²) in [6.45, 7) is 2.53. The molecule has 26 heavy (non-hydrogen) atoms. The van der Waals surface area contributed by atoms with Gasteiger partial charge in [0.15, 0.2) is 0 Å². The minimum Gasteiger partial charge on any atom is -0.441 e. The van der Waals surface area contributed by atoms with Crippen molar-refractivity contribution in [2.45, 2.75) is 26.3 Å². The predicted molar refractivity (Wildman–Crippen MR) is 91.6 cm³/mol. The lowest BCUT2D eigenvalue weighted by Gasteiger charge is -2.06. The first-order valence-corrected chi connectivity index (χ1v) is 8.20. The summed E-state index contributed by atoms with van der Waals surface area (Å²) in [6.07, 6.45) is 2.92. The van der Waals surface area contributed by atoms with Crippen LogP contribution in [0, 0.1) is 12.7 Å². The predicted octanol–water partition coefficient (Wildman–Crippen LogP) is 2.34. The monoisotopic (exact) mass is 358 g/mol. The van der Waals surface area contributed by atoms with Crippen LogP contribution in [-0.2, 0) is 13.0 Å². The fourth-order valence-corrected chi connectivity index (χ4v) is 2.34. The van der Waals surface area contributed by atoms with Crippen LogP contribution in [-0.4, -0.2) is 32.7 Å². The van der Waals surface area contributed by atoms with Crippen LogP contribution in [0.4, 0.5) is 9.18 Å². The summed E-state index contributed by atoms with van der Waals surface area (Å²) in [6, 6.07) is 5.60. The van der Waals surface area contributed by atoms with E-state index in [-0.39, 0.29) is 18.4 Å². The second kappa shape index (κ2) is 8.24. The Bertz CT molecular complexity index is 845. The number of amides is 2. The number of benzene rings is 1. The van der Waals surface area contributed by atoms with E-state index < -0.39 is 0 Å². The van der Waals surface area contributed by atoms with E-state index in [9.17, 15) is 9.18 Å². The Hall–Kier alpha value is -3.23. The van der Waals surface area contributed by atoms with Crippen molar-refractivity contribution < 1.29 is 13.6 Å². The first kappa shape index (κ1) is 17.6. The molecule has 0 unspecified atom stereocenters. The zero-order valence-electron chi connectivity index (χ0n) is 14.3. The molecule has 0 saturated heterocycles. The molecule has 3 aromatic rings. The number of H-pyrrole nitrogens is 1. The lowest BCUT2D eigenvalue weighted by Crippen LogP contribution is -2.35. The highest BCUT2D eigenvalue weighted by Crippen LogP contribution is 2.21. The average molecular weight is 358 g/mol. The zero-order valence-corrected chi connectivity index (χ0v) is 14.3. The number of hydrogen-bond acceptors (Lipinski definition) is 5. The lowest BCUT2D eigenvalue weighted by atomic mass is 10.2. The molecular weight excluding hydrogens is 339 g/mol. The number of nitrogens with one attached hydrogen (secondary N) is 3. The van der Waals surface area contributed by atoms with Crippen LogP contribution in [0.25, 0.3) is 11.5 Å². The third kappa shape index (κ3) is 4.65. The normalized spacial score (nSPS) is 10.7. The molecule has 2 amide bonds. The third-order valence-electron chi connectivity index (χ3n) is 3.74. The maximum atomic E-state index is 13.0. The summed E-state index contributed by atoms with van der Waals surface area (Å²) < 4.78 is 18.6. The number of halogens is 1. The Morgan fingerprint density at radius 1 is 1.27 bits per heavy atom. The molecule has 2 aromatic heterocycles. The molecule has 0 aliphatic heterocycles. The second-order valence-corrected chi connectivity index (χ2v) is 5.67. The van der Waals surface area contributed by atoms with Crippen LogP contribution in [0.3, 0.4) is 0 Å². The van der Waals surface area contributed by atoms with Crippen LogP contribution in [0.2, 0.25) is 0 Å². The molecule has 2 heterocycles. The minimum absolute atomic E-state index is 0.241. The quantitative estimate of drug-likeness (QED) is 0.562. The van der Waals surface area contributed by atoms with Crippen molar-refractivity contribution in [1.29, 1.82) is 0 Å². The molecule has 0 saturated carbocycles. The molecule has 0 spiro atoms. The topological polar surface area (TPSA) is 109 Å². The summed E-state index contributed by atoms with van der Waals surface area (Å²) in [4.78, 5) is 20.2. The largest absolute Gasteiger partial charge is 0.441 e. The number of aromatic amines is 1. The summed E-state index contributed by atoms with van der Waals surface area (Å²) in [7, 11) is 0. The first-order valence-electron chi connectivity index (χ1n) is 8.20. The van der Waals surface area contributed by atoms with Crippen molar-refractivity contribution in [2.75, 3.05) is 6.54 Å². The zero-order chi connectivity index (χ0) is 18.4. The first-order chi connectivity index (χ1) is 12.6. The molecule has 0 aliphatic rings. The number of carbonyl (C=O) groups is 1. The van der Waals surface area contributed by atoms with Gasteiger partial charge in [-0.05, 0) is 37.6 Å². The van der Waals surface area contributed by atoms with E-state index in [0.29, 0.717) is 35.9 Å². The highest BCUT2D eigenvalue weighted by molar-refractivity contribution is 5.73. The van der Waals surface area contributed by atoms with Gasteiger partial charge in [0.25, 0.3) is 0 Å². The standard InChI is InChI=1S/C17H19FN6O2/c1-11-14(23-16(26-11)12-4-6-13(18)7-5-12)9-20-17(25)19-8-2-3-15-21-10-22-24-15/h4-7,10H,2-3,8-9H2,1H3,(H2,19,20,25)(H,21,22,24).